The highest BCUT2D eigenvalue weighted by Gasteiger charge is 2.32. The zero-order valence-electron chi connectivity index (χ0n) is 11.8. The quantitative estimate of drug-likeness (QED) is 0.921. The number of nitrogens with zero attached hydrogens (tertiary/aromatic N) is 2. The van der Waals surface area contributed by atoms with Crippen LogP contribution in [0, 0.1) is 5.82 Å². The molecule has 0 saturated carbocycles. The van der Waals surface area contributed by atoms with E-state index in [1.165, 1.54) is 12.3 Å². The van der Waals surface area contributed by atoms with E-state index in [0.717, 1.165) is 37.9 Å². The summed E-state index contributed by atoms with van der Waals surface area (Å²) in [5, 5.41) is 9.45. The Morgan fingerprint density at radius 2 is 2.30 bits per heavy atom. The van der Waals surface area contributed by atoms with Crippen LogP contribution in [0.4, 0.5) is 4.39 Å². The maximum atomic E-state index is 13.0. The molecule has 20 heavy (non-hydrogen) atoms. The van der Waals surface area contributed by atoms with Crippen LogP contribution < -0.4 is 0 Å². The summed E-state index contributed by atoms with van der Waals surface area (Å²) in [4.78, 5) is 17.7. The predicted molar refractivity (Wildman–Crippen MR) is 73.8 cm³/mol. The number of pyridine rings is 1. The SMILES string of the molecule is CCC(c1ccc(F)cn1)N1CCCCCC1C(=O)O. The first-order valence-electron chi connectivity index (χ1n) is 7.23. The Labute approximate surface area is 118 Å². The monoisotopic (exact) mass is 280 g/mol. The number of likely N-dealkylation sites (tertiary alicyclic amines) is 1. The molecule has 0 amide bonds. The van der Waals surface area contributed by atoms with E-state index >= 15 is 0 Å². The maximum absolute atomic E-state index is 13.0. The van der Waals surface area contributed by atoms with Crippen LogP contribution in [0.5, 0.6) is 0 Å². The van der Waals surface area contributed by atoms with Crippen LogP contribution in [0.25, 0.3) is 0 Å². The van der Waals surface area contributed by atoms with Crippen molar-refractivity contribution in [1.29, 1.82) is 0 Å². The summed E-state index contributed by atoms with van der Waals surface area (Å²) in [5.74, 6) is -1.14. The molecule has 2 unspecified atom stereocenters. The fourth-order valence-corrected chi connectivity index (χ4v) is 2.97. The molecular weight excluding hydrogens is 259 g/mol. The minimum absolute atomic E-state index is 0.0604. The van der Waals surface area contributed by atoms with E-state index in [9.17, 15) is 14.3 Å². The van der Waals surface area contributed by atoms with Crippen molar-refractivity contribution in [1.82, 2.24) is 9.88 Å². The molecule has 1 aliphatic heterocycles. The lowest BCUT2D eigenvalue weighted by molar-refractivity contribution is -0.144. The van der Waals surface area contributed by atoms with Gasteiger partial charge >= 0.3 is 5.97 Å². The van der Waals surface area contributed by atoms with Gasteiger partial charge in [0.1, 0.15) is 11.9 Å². The number of hydrogen-bond donors (Lipinski definition) is 1. The lowest BCUT2D eigenvalue weighted by atomic mass is 10.0. The molecule has 2 heterocycles. The van der Waals surface area contributed by atoms with Gasteiger partial charge in [-0.2, -0.15) is 0 Å². The van der Waals surface area contributed by atoms with Crippen LogP contribution in [-0.4, -0.2) is 33.5 Å². The fraction of sp³-hybridized carbons (Fsp3) is 0.600. The van der Waals surface area contributed by atoms with Crippen LogP contribution in [0.1, 0.15) is 50.8 Å². The number of carboxylic acid groups (broad SMARTS) is 1. The molecular formula is C15H21FN2O2. The van der Waals surface area contributed by atoms with Crippen molar-refractivity contribution in [3.05, 3.63) is 29.8 Å². The van der Waals surface area contributed by atoms with Gasteiger partial charge in [0.2, 0.25) is 0 Å². The molecule has 1 N–H and O–H groups in total. The first-order valence-corrected chi connectivity index (χ1v) is 7.23. The Morgan fingerprint density at radius 3 is 2.90 bits per heavy atom. The second kappa shape index (κ2) is 6.79. The molecule has 2 atom stereocenters. The van der Waals surface area contributed by atoms with Gasteiger partial charge in [-0.15, -0.1) is 0 Å². The average molecular weight is 280 g/mol. The Morgan fingerprint density at radius 1 is 1.50 bits per heavy atom. The lowest BCUT2D eigenvalue weighted by Gasteiger charge is -2.34. The number of aromatic nitrogens is 1. The highest BCUT2D eigenvalue weighted by atomic mass is 19.1. The number of hydrogen-bond acceptors (Lipinski definition) is 3. The highest BCUT2D eigenvalue weighted by molar-refractivity contribution is 5.73. The van der Waals surface area contributed by atoms with E-state index < -0.39 is 12.0 Å². The van der Waals surface area contributed by atoms with Gasteiger partial charge < -0.3 is 5.11 Å². The second-order valence-corrected chi connectivity index (χ2v) is 5.27. The molecule has 0 spiro atoms. The van der Waals surface area contributed by atoms with Crippen LogP contribution in [-0.2, 0) is 4.79 Å². The maximum Gasteiger partial charge on any atom is 0.320 e. The van der Waals surface area contributed by atoms with E-state index in [1.54, 1.807) is 6.07 Å². The Bertz CT molecular complexity index is 450. The van der Waals surface area contributed by atoms with Gasteiger partial charge in [-0.05, 0) is 37.9 Å². The van der Waals surface area contributed by atoms with Gasteiger partial charge in [0, 0.05) is 0 Å². The first-order chi connectivity index (χ1) is 9.63. The molecule has 1 aromatic rings. The Balaban J connectivity index is 2.26. The molecule has 1 aromatic heterocycles. The summed E-state index contributed by atoms with van der Waals surface area (Å²) in [6.45, 7) is 2.77. The van der Waals surface area contributed by atoms with Gasteiger partial charge in [-0.25, -0.2) is 4.39 Å². The van der Waals surface area contributed by atoms with Gasteiger partial charge in [0.05, 0.1) is 17.9 Å². The minimum atomic E-state index is -0.771. The molecule has 0 radical (unpaired) electrons. The van der Waals surface area contributed by atoms with Crippen molar-refractivity contribution in [2.45, 2.75) is 51.1 Å². The van der Waals surface area contributed by atoms with Gasteiger partial charge in [0.25, 0.3) is 0 Å². The number of halogens is 1. The van der Waals surface area contributed by atoms with Gasteiger partial charge in [-0.1, -0.05) is 19.8 Å². The van der Waals surface area contributed by atoms with E-state index in [-0.39, 0.29) is 11.9 Å². The molecule has 1 aliphatic rings. The van der Waals surface area contributed by atoms with Crippen molar-refractivity contribution in [2.75, 3.05) is 6.54 Å². The molecule has 0 aromatic carbocycles. The Hall–Kier alpha value is -1.49. The van der Waals surface area contributed by atoms with Crippen LogP contribution in [0.3, 0.4) is 0 Å². The van der Waals surface area contributed by atoms with Crippen LogP contribution >= 0.6 is 0 Å². The third-order valence-corrected chi connectivity index (χ3v) is 3.96. The first kappa shape index (κ1) is 14.9. The van der Waals surface area contributed by atoms with E-state index in [0.29, 0.717) is 6.42 Å². The number of rotatable bonds is 4. The molecule has 1 fully saturated rings. The molecule has 4 nitrogen and oxygen atoms in total. The zero-order valence-corrected chi connectivity index (χ0v) is 11.8. The van der Waals surface area contributed by atoms with Crippen molar-refractivity contribution < 1.29 is 14.3 Å². The van der Waals surface area contributed by atoms with Crippen molar-refractivity contribution >= 4 is 5.97 Å². The predicted octanol–water partition coefficient (Wildman–Crippen LogP) is 3.00. The molecule has 0 aliphatic carbocycles. The van der Waals surface area contributed by atoms with E-state index in [1.807, 2.05) is 11.8 Å². The number of carboxylic acids is 1. The molecule has 5 heteroatoms. The second-order valence-electron chi connectivity index (χ2n) is 5.27. The molecule has 1 saturated heterocycles. The Kier molecular flexibility index (Phi) is 5.06. The smallest absolute Gasteiger partial charge is 0.320 e. The van der Waals surface area contributed by atoms with Crippen molar-refractivity contribution in [3.63, 3.8) is 0 Å². The van der Waals surface area contributed by atoms with E-state index in [2.05, 4.69) is 4.98 Å². The lowest BCUT2D eigenvalue weighted by Crippen LogP contribution is -2.43. The molecule has 2 rings (SSSR count). The fourth-order valence-electron chi connectivity index (χ4n) is 2.97. The summed E-state index contributed by atoms with van der Waals surface area (Å²) in [6.07, 6.45) is 5.65. The zero-order chi connectivity index (χ0) is 14.5. The van der Waals surface area contributed by atoms with Crippen molar-refractivity contribution in [3.8, 4) is 0 Å². The van der Waals surface area contributed by atoms with Gasteiger partial charge in [0.15, 0.2) is 0 Å². The summed E-state index contributed by atoms with van der Waals surface area (Å²) in [6, 6.07) is 2.52. The number of carbonyl (C=O) groups is 1. The molecule has 0 bridgehead atoms. The standard InChI is InChI=1S/C15H21FN2O2/c1-2-13(12-8-7-11(16)10-17-12)18-9-5-3-4-6-14(18)15(19)20/h7-8,10,13-14H,2-6,9H2,1H3,(H,19,20). The van der Waals surface area contributed by atoms with Crippen molar-refractivity contribution in [2.24, 2.45) is 0 Å². The van der Waals surface area contributed by atoms with Crippen LogP contribution in [0.15, 0.2) is 18.3 Å². The summed E-state index contributed by atoms with van der Waals surface area (Å²) >= 11 is 0. The van der Waals surface area contributed by atoms with Crippen LogP contribution in [0.2, 0.25) is 0 Å². The topological polar surface area (TPSA) is 53.4 Å². The normalized spacial score (nSPS) is 22.2. The summed E-state index contributed by atoms with van der Waals surface area (Å²) in [5.41, 5.74) is 0.752. The van der Waals surface area contributed by atoms with E-state index in [4.69, 9.17) is 0 Å². The third kappa shape index (κ3) is 3.33. The number of aliphatic carboxylic acids is 1. The summed E-state index contributed by atoms with van der Waals surface area (Å²) < 4.78 is 13.0. The average Bonchev–Trinajstić information content (AvgIpc) is 2.68. The minimum Gasteiger partial charge on any atom is -0.480 e. The molecule has 110 valence electrons. The summed E-state index contributed by atoms with van der Waals surface area (Å²) in [7, 11) is 0. The highest BCUT2D eigenvalue weighted by Crippen LogP contribution is 2.29. The third-order valence-electron chi connectivity index (χ3n) is 3.96. The van der Waals surface area contributed by atoms with Gasteiger partial charge in [-0.3, -0.25) is 14.7 Å². The largest absolute Gasteiger partial charge is 0.480 e.